The molecule has 0 aliphatic rings. The summed E-state index contributed by atoms with van der Waals surface area (Å²) in [6.07, 6.45) is 0. The van der Waals surface area contributed by atoms with Crippen LogP contribution in [0.4, 0.5) is 0 Å². The van der Waals surface area contributed by atoms with Gasteiger partial charge in [-0.2, -0.15) is 0 Å². The molecule has 0 unspecified atom stereocenters. The third-order valence-electron chi connectivity index (χ3n) is 1.91. The first-order valence-electron chi connectivity index (χ1n) is 4.18. The van der Waals surface area contributed by atoms with Gasteiger partial charge in [-0.15, -0.1) is 0 Å². The second-order valence-corrected chi connectivity index (χ2v) is 5.25. The van der Waals surface area contributed by atoms with E-state index < -0.39 is 0 Å². The summed E-state index contributed by atoms with van der Waals surface area (Å²) in [7, 11) is -0.303. The van der Waals surface area contributed by atoms with Gasteiger partial charge in [-0.25, -0.2) is 0 Å². The molecular weight excluding hydrogens is 315 g/mol. The van der Waals surface area contributed by atoms with E-state index in [4.69, 9.17) is 16.0 Å². The third-order valence-corrected chi connectivity index (χ3v) is 4.55. The lowest BCUT2D eigenvalue weighted by atomic mass is 10.1. The Morgan fingerprint density at radius 2 is 2.23 bits per heavy atom. The van der Waals surface area contributed by atoms with E-state index in [0.29, 0.717) is 0 Å². The van der Waals surface area contributed by atoms with Gasteiger partial charge in [0.2, 0.25) is 0 Å². The monoisotopic (exact) mass is 326 g/mol. The molecule has 13 heavy (non-hydrogen) atoms. The van der Waals surface area contributed by atoms with Gasteiger partial charge < -0.3 is 4.43 Å². The molecule has 0 aromatic heterocycles. The van der Waals surface area contributed by atoms with Crippen LogP contribution in [0, 0.1) is 10.5 Å². The SMILES string of the molecule is C[SiH2]OCc1ccc(Cl)c(I)c1C. The number of hydrogen-bond donors (Lipinski definition) is 0. The highest BCUT2D eigenvalue weighted by Gasteiger charge is 2.05. The van der Waals surface area contributed by atoms with Crippen LogP contribution in [0.1, 0.15) is 11.1 Å². The maximum absolute atomic E-state index is 5.98. The molecule has 0 N–H and O–H groups in total. The van der Waals surface area contributed by atoms with Gasteiger partial charge in [0.25, 0.3) is 0 Å². The first kappa shape index (κ1) is 11.5. The molecule has 1 nitrogen and oxygen atoms in total. The lowest BCUT2D eigenvalue weighted by Crippen LogP contribution is -1.98. The molecule has 0 aliphatic heterocycles. The minimum atomic E-state index is -0.303. The first-order chi connectivity index (χ1) is 6.16. The molecule has 0 fully saturated rings. The van der Waals surface area contributed by atoms with Crippen molar-refractivity contribution in [3.8, 4) is 0 Å². The zero-order chi connectivity index (χ0) is 9.84. The van der Waals surface area contributed by atoms with E-state index in [1.54, 1.807) is 0 Å². The standard InChI is InChI=1S/C9H12ClIOSi/c1-6-7(5-12-13-2)3-4-8(10)9(6)11/h3-4H,5,13H2,1-2H3. The Hall–Kier alpha value is 0.417. The van der Waals surface area contributed by atoms with E-state index in [9.17, 15) is 0 Å². The normalized spacial score (nSPS) is 11.4. The molecule has 4 heteroatoms. The number of rotatable bonds is 3. The zero-order valence-electron chi connectivity index (χ0n) is 7.73. The Labute approximate surface area is 99.9 Å². The molecule has 0 atom stereocenters. The molecule has 1 aromatic carbocycles. The minimum absolute atomic E-state index is 0.303. The van der Waals surface area contributed by atoms with Gasteiger partial charge in [0.05, 0.1) is 11.6 Å². The van der Waals surface area contributed by atoms with Gasteiger partial charge in [-0.05, 0) is 46.7 Å². The van der Waals surface area contributed by atoms with Crippen molar-refractivity contribution in [2.75, 3.05) is 0 Å². The molecule has 0 aliphatic carbocycles. The Morgan fingerprint density at radius 1 is 1.54 bits per heavy atom. The largest absolute Gasteiger partial charge is 0.420 e. The maximum atomic E-state index is 5.98. The van der Waals surface area contributed by atoms with Gasteiger partial charge in [-0.1, -0.05) is 24.2 Å². The molecule has 0 heterocycles. The lowest BCUT2D eigenvalue weighted by Gasteiger charge is -2.08. The Morgan fingerprint density at radius 3 is 2.85 bits per heavy atom. The second-order valence-electron chi connectivity index (χ2n) is 2.78. The van der Waals surface area contributed by atoms with Crippen LogP contribution >= 0.6 is 34.2 Å². The van der Waals surface area contributed by atoms with E-state index in [0.717, 1.165) is 15.2 Å². The Balaban J connectivity index is 2.90. The first-order valence-corrected chi connectivity index (χ1v) is 7.62. The van der Waals surface area contributed by atoms with E-state index in [2.05, 4.69) is 36.1 Å². The molecule has 0 saturated carbocycles. The smallest absolute Gasteiger partial charge is 0.159 e. The zero-order valence-corrected chi connectivity index (χ0v) is 12.1. The Kier molecular flexibility index (Phi) is 4.72. The summed E-state index contributed by atoms with van der Waals surface area (Å²) in [6, 6.07) is 3.98. The third kappa shape index (κ3) is 2.94. The van der Waals surface area contributed by atoms with Crippen LogP contribution in [0.15, 0.2) is 12.1 Å². The van der Waals surface area contributed by atoms with Crippen molar-refractivity contribution >= 4 is 44.0 Å². The fourth-order valence-electron chi connectivity index (χ4n) is 1.06. The molecule has 1 aromatic rings. The van der Waals surface area contributed by atoms with Gasteiger partial charge in [0.15, 0.2) is 9.76 Å². The second kappa shape index (κ2) is 5.34. The number of hydrogen-bond acceptors (Lipinski definition) is 1. The topological polar surface area (TPSA) is 9.23 Å². The van der Waals surface area contributed by atoms with E-state index in [1.165, 1.54) is 11.1 Å². The summed E-state index contributed by atoms with van der Waals surface area (Å²) >= 11 is 8.25. The van der Waals surface area contributed by atoms with Gasteiger partial charge in [0, 0.05) is 3.57 Å². The van der Waals surface area contributed by atoms with Crippen molar-refractivity contribution in [1.29, 1.82) is 0 Å². The summed E-state index contributed by atoms with van der Waals surface area (Å²) in [5, 5.41) is 0.829. The quantitative estimate of drug-likeness (QED) is 0.613. The van der Waals surface area contributed by atoms with Crippen LogP contribution in [-0.4, -0.2) is 9.76 Å². The highest BCUT2D eigenvalue weighted by molar-refractivity contribution is 14.1. The Bertz CT molecular complexity index is 304. The average molecular weight is 327 g/mol. The van der Waals surface area contributed by atoms with Crippen molar-refractivity contribution in [2.24, 2.45) is 0 Å². The number of benzene rings is 1. The minimum Gasteiger partial charge on any atom is -0.420 e. The highest BCUT2D eigenvalue weighted by Crippen LogP contribution is 2.24. The summed E-state index contributed by atoms with van der Waals surface area (Å²) in [4.78, 5) is 0. The van der Waals surface area contributed by atoms with Crippen LogP contribution in [-0.2, 0) is 11.0 Å². The molecule has 0 spiro atoms. The van der Waals surface area contributed by atoms with Crippen molar-refractivity contribution in [2.45, 2.75) is 20.1 Å². The summed E-state index contributed by atoms with van der Waals surface area (Å²) in [5.74, 6) is 0. The van der Waals surface area contributed by atoms with E-state index >= 15 is 0 Å². The van der Waals surface area contributed by atoms with E-state index in [1.807, 2.05) is 12.1 Å². The van der Waals surface area contributed by atoms with Gasteiger partial charge in [0.1, 0.15) is 0 Å². The van der Waals surface area contributed by atoms with Crippen molar-refractivity contribution in [3.05, 3.63) is 31.9 Å². The van der Waals surface area contributed by atoms with Crippen molar-refractivity contribution in [3.63, 3.8) is 0 Å². The predicted molar refractivity (Wildman–Crippen MR) is 68.1 cm³/mol. The van der Waals surface area contributed by atoms with Crippen LogP contribution in [0.2, 0.25) is 11.6 Å². The number of halogens is 2. The summed E-state index contributed by atoms with van der Waals surface area (Å²) in [5.41, 5.74) is 2.50. The van der Waals surface area contributed by atoms with Crippen LogP contribution < -0.4 is 0 Å². The predicted octanol–water partition coefficient (Wildman–Crippen LogP) is 2.90. The molecule has 0 amide bonds. The van der Waals surface area contributed by atoms with Crippen molar-refractivity contribution < 1.29 is 4.43 Å². The van der Waals surface area contributed by atoms with E-state index in [-0.39, 0.29) is 9.76 Å². The van der Waals surface area contributed by atoms with Crippen LogP contribution in [0.5, 0.6) is 0 Å². The molecule has 72 valence electrons. The van der Waals surface area contributed by atoms with Gasteiger partial charge >= 0.3 is 0 Å². The molecule has 0 saturated heterocycles. The summed E-state index contributed by atoms with van der Waals surface area (Å²) in [6.45, 7) is 4.96. The van der Waals surface area contributed by atoms with Crippen LogP contribution in [0.25, 0.3) is 0 Å². The van der Waals surface area contributed by atoms with Gasteiger partial charge in [-0.3, -0.25) is 0 Å². The molecule has 0 radical (unpaired) electrons. The summed E-state index contributed by atoms with van der Waals surface area (Å²) < 4.78 is 6.62. The molecule has 0 bridgehead atoms. The van der Waals surface area contributed by atoms with Crippen molar-refractivity contribution in [1.82, 2.24) is 0 Å². The highest BCUT2D eigenvalue weighted by atomic mass is 127. The fraction of sp³-hybridized carbons (Fsp3) is 0.333. The van der Waals surface area contributed by atoms with Crippen LogP contribution in [0.3, 0.4) is 0 Å². The molecular formula is C9H12ClIOSi. The fourth-order valence-corrected chi connectivity index (χ4v) is 2.22. The maximum Gasteiger partial charge on any atom is 0.159 e. The molecule has 1 rings (SSSR count). The average Bonchev–Trinajstić information content (AvgIpc) is 2.13. The lowest BCUT2D eigenvalue weighted by molar-refractivity contribution is 0.326.